The number of benzene rings is 1. The predicted octanol–water partition coefficient (Wildman–Crippen LogP) is 2.70. The first-order valence-corrected chi connectivity index (χ1v) is 9.63. The highest BCUT2D eigenvalue weighted by atomic mass is 79.9. The molecule has 2 N–H and O–H groups in total. The first-order valence-electron chi connectivity index (χ1n) is 8.46. The van der Waals surface area contributed by atoms with Crippen molar-refractivity contribution in [2.45, 2.75) is 12.0 Å². The molecule has 0 saturated carbocycles. The summed E-state index contributed by atoms with van der Waals surface area (Å²) in [6.45, 7) is 3.97. The van der Waals surface area contributed by atoms with Gasteiger partial charge in [0.05, 0.1) is 33.9 Å². The molecule has 3 rings (SSSR count). The fraction of sp³-hybridized carbons (Fsp3) is 0.588. The quantitative estimate of drug-likeness (QED) is 0.320. The number of halogens is 3. The number of hydrogen-bond acceptors (Lipinski definition) is 5. The van der Waals surface area contributed by atoms with Crippen LogP contribution in [0.25, 0.3) is 0 Å². The van der Waals surface area contributed by atoms with E-state index in [0.717, 1.165) is 32.7 Å². The average molecular weight is 450 g/mol. The van der Waals surface area contributed by atoms with Crippen LogP contribution in [-0.2, 0) is 9.47 Å². The Bertz CT molecular complexity index is 698. The molecule has 0 amide bonds. The average Bonchev–Trinajstić information content (AvgIpc) is 3.03. The van der Waals surface area contributed by atoms with E-state index in [0.29, 0.717) is 28.7 Å². The van der Waals surface area contributed by atoms with Gasteiger partial charge in [-0.25, -0.2) is 4.39 Å². The fourth-order valence-electron chi connectivity index (χ4n) is 3.54. The Kier molecular flexibility index (Phi) is 6.40. The number of nitrogens with zero attached hydrogens (tertiary/aromatic N) is 2. The minimum absolute atomic E-state index is 0.0774. The summed E-state index contributed by atoms with van der Waals surface area (Å²) >= 11 is 9.42. The lowest BCUT2D eigenvalue weighted by atomic mass is 9.99. The molecule has 0 radical (unpaired) electrons. The van der Waals surface area contributed by atoms with Gasteiger partial charge >= 0.3 is 0 Å². The second kappa shape index (κ2) is 8.39. The molecule has 0 aliphatic carbocycles. The van der Waals surface area contributed by atoms with Crippen molar-refractivity contribution in [2.75, 3.05) is 59.1 Å². The van der Waals surface area contributed by atoms with Crippen LogP contribution in [0.1, 0.15) is 12.0 Å². The Morgan fingerprint density at radius 2 is 2.42 bits per heavy atom. The van der Waals surface area contributed by atoms with Crippen molar-refractivity contribution in [1.82, 2.24) is 10.2 Å². The van der Waals surface area contributed by atoms with E-state index in [-0.39, 0.29) is 16.7 Å². The van der Waals surface area contributed by atoms with Crippen LogP contribution in [-0.4, -0.2) is 70.0 Å². The van der Waals surface area contributed by atoms with Gasteiger partial charge in [-0.1, -0.05) is 11.6 Å². The van der Waals surface area contributed by atoms with E-state index >= 15 is 0 Å². The molecule has 144 valence electrons. The van der Waals surface area contributed by atoms with E-state index < -0.39 is 5.82 Å². The van der Waals surface area contributed by atoms with Gasteiger partial charge in [-0.2, -0.15) is 0 Å². The zero-order valence-corrected chi connectivity index (χ0v) is 17.2. The molecule has 9 heteroatoms. The summed E-state index contributed by atoms with van der Waals surface area (Å²) in [5.41, 5.74) is 0.855. The number of amidine groups is 1. The monoisotopic (exact) mass is 448 g/mol. The lowest BCUT2D eigenvalue weighted by molar-refractivity contribution is 0.0336. The molecule has 6 nitrogen and oxygen atoms in total. The summed E-state index contributed by atoms with van der Waals surface area (Å²) in [5.74, 6) is 0.236. The van der Waals surface area contributed by atoms with Gasteiger partial charge in [0.25, 0.3) is 0 Å². The minimum atomic E-state index is -0.460. The molecule has 2 aliphatic rings. The second-order valence-electron chi connectivity index (χ2n) is 6.50. The molecular weight excluding hydrogens is 427 g/mol. The molecule has 1 unspecified atom stereocenters. The first-order chi connectivity index (χ1) is 12.5. The van der Waals surface area contributed by atoms with Gasteiger partial charge in [-0.05, 0) is 28.4 Å². The number of morpholine rings is 1. The third-order valence-corrected chi connectivity index (χ3v) is 6.09. The predicted molar refractivity (Wildman–Crippen MR) is 105 cm³/mol. The van der Waals surface area contributed by atoms with Crippen molar-refractivity contribution < 1.29 is 13.9 Å². The highest BCUT2D eigenvalue weighted by molar-refractivity contribution is 9.10. The third-order valence-electron chi connectivity index (χ3n) is 4.79. The number of likely N-dealkylation sites (tertiary alicyclic amines) is 1. The van der Waals surface area contributed by atoms with Crippen molar-refractivity contribution in [3.63, 3.8) is 0 Å². The van der Waals surface area contributed by atoms with Gasteiger partial charge in [0, 0.05) is 39.4 Å². The van der Waals surface area contributed by atoms with Crippen molar-refractivity contribution >= 4 is 39.1 Å². The summed E-state index contributed by atoms with van der Waals surface area (Å²) in [6.07, 6.45) is 0.944. The molecule has 1 spiro atoms. The Labute approximate surface area is 166 Å². The minimum Gasteiger partial charge on any atom is -0.378 e. The van der Waals surface area contributed by atoms with Crippen molar-refractivity contribution in [3.8, 4) is 0 Å². The van der Waals surface area contributed by atoms with Gasteiger partial charge in [-0.15, -0.1) is 0 Å². The zero-order chi connectivity index (χ0) is 18.7. The van der Waals surface area contributed by atoms with Crippen LogP contribution in [0.3, 0.4) is 0 Å². The Morgan fingerprint density at radius 1 is 1.62 bits per heavy atom. The maximum atomic E-state index is 14.8. The number of ether oxygens (including phenoxy) is 2. The molecule has 2 aliphatic heterocycles. The SMILES string of the molecule is CN=C(c1cc(Cl)c(Br)c(F)c1NCOC)N1CCC2(COCCN2)C1. The maximum absolute atomic E-state index is 14.8. The van der Waals surface area contributed by atoms with E-state index in [9.17, 15) is 4.39 Å². The van der Waals surface area contributed by atoms with Crippen LogP contribution in [0, 0.1) is 5.82 Å². The normalized spacial score (nSPS) is 23.7. The summed E-state index contributed by atoms with van der Waals surface area (Å²) in [5, 5.41) is 6.85. The van der Waals surface area contributed by atoms with Crippen molar-refractivity contribution in [3.05, 3.63) is 26.9 Å². The molecule has 1 atom stereocenters. The van der Waals surface area contributed by atoms with Crippen LogP contribution in [0.15, 0.2) is 15.5 Å². The van der Waals surface area contributed by atoms with E-state index in [2.05, 4.69) is 36.5 Å². The second-order valence-corrected chi connectivity index (χ2v) is 7.70. The van der Waals surface area contributed by atoms with Crippen molar-refractivity contribution in [2.24, 2.45) is 4.99 Å². The molecule has 2 fully saturated rings. The number of nitrogens with one attached hydrogen (secondary N) is 2. The molecule has 0 aromatic heterocycles. The standard InChI is InChI=1S/C17H23BrClFN4O2/c1-21-16(24-5-3-17(8-24)9-26-6-4-23-17)11-7-12(19)13(18)14(20)15(11)22-10-25-2/h7,22-23H,3-6,8-10H2,1-2H3. The van der Waals surface area contributed by atoms with Crippen molar-refractivity contribution in [1.29, 1.82) is 0 Å². The molecular formula is C17H23BrClFN4O2. The Balaban J connectivity index is 1.93. The van der Waals surface area contributed by atoms with E-state index in [1.807, 2.05) is 0 Å². The molecule has 2 saturated heterocycles. The summed E-state index contributed by atoms with van der Waals surface area (Å²) in [4.78, 5) is 6.60. The summed E-state index contributed by atoms with van der Waals surface area (Å²) in [7, 11) is 3.25. The van der Waals surface area contributed by atoms with Crippen LogP contribution >= 0.6 is 27.5 Å². The van der Waals surface area contributed by atoms with Gasteiger partial charge in [0.15, 0.2) is 5.82 Å². The van der Waals surface area contributed by atoms with Crippen LogP contribution in [0.4, 0.5) is 10.1 Å². The van der Waals surface area contributed by atoms with Gasteiger partial charge in [0.2, 0.25) is 0 Å². The summed E-state index contributed by atoms with van der Waals surface area (Å²) in [6, 6.07) is 1.73. The van der Waals surface area contributed by atoms with E-state index in [4.69, 9.17) is 21.1 Å². The lowest BCUT2D eigenvalue weighted by Gasteiger charge is -2.35. The number of methoxy groups -OCH3 is 1. The van der Waals surface area contributed by atoms with E-state index in [1.54, 1.807) is 20.2 Å². The zero-order valence-electron chi connectivity index (χ0n) is 14.9. The maximum Gasteiger partial charge on any atom is 0.162 e. The smallest absolute Gasteiger partial charge is 0.162 e. The summed E-state index contributed by atoms with van der Waals surface area (Å²) < 4.78 is 25.8. The Morgan fingerprint density at radius 3 is 3.08 bits per heavy atom. The van der Waals surface area contributed by atoms with Gasteiger partial charge in [-0.3, -0.25) is 4.99 Å². The van der Waals surface area contributed by atoms with Crippen LogP contribution < -0.4 is 10.6 Å². The van der Waals surface area contributed by atoms with E-state index in [1.165, 1.54) is 0 Å². The number of hydrogen-bond donors (Lipinski definition) is 2. The topological polar surface area (TPSA) is 58.1 Å². The van der Waals surface area contributed by atoms with Gasteiger partial charge < -0.3 is 25.0 Å². The highest BCUT2D eigenvalue weighted by Gasteiger charge is 2.41. The number of aliphatic imine (C=N–C) groups is 1. The molecule has 2 heterocycles. The van der Waals surface area contributed by atoms with Crippen LogP contribution in [0.5, 0.6) is 0 Å². The number of rotatable bonds is 4. The molecule has 26 heavy (non-hydrogen) atoms. The molecule has 1 aromatic carbocycles. The molecule has 1 aromatic rings. The number of anilines is 1. The largest absolute Gasteiger partial charge is 0.378 e. The highest BCUT2D eigenvalue weighted by Crippen LogP contribution is 2.36. The van der Waals surface area contributed by atoms with Gasteiger partial charge in [0.1, 0.15) is 12.6 Å². The van der Waals surface area contributed by atoms with Crippen LogP contribution in [0.2, 0.25) is 5.02 Å². The Hall–Kier alpha value is -0.930. The first kappa shape index (κ1) is 19.8. The third kappa shape index (κ3) is 3.84. The fourth-order valence-corrected chi connectivity index (χ4v) is 4.05. The molecule has 0 bridgehead atoms. The lowest BCUT2D eigenvalue weighted by Crippen LogP contribution is -2.56.